The zero-order chi connectivity index (χ0) is 23.7. The van der Waals surface area contributed by atoms with Crippen LogP contribution in [0.3, 0.4) is 0 Å². The van der Waals surface area contributed by atoms with E-state index in [9.17, 15) is 0 Å². The quantitative estimate of drug-likeness (QED) is 0.517. The number of ether oxygens (including phenoxy) is 1. The highest BCUT2D eigenvalue weighted by atomic mass is 16.5. The van der Waals surface area contributed by atoms with E-state index in [1.54, 1.807) is 7.11 Å². The van der Waals surface area contributed by atoms with Crippen LogP contribution in [-0.4, -0.2) is 49.2 Å². The minimum absolute atomic E-state index is 0.460. The Morgan fingerprint density at radius 2 is 1.72 bits per heavy atom. The van der Waals surface area contributed by atoms with E-state index < -0.39 is 0 Å². The van der Waals surface area contributed by atoms with Gasteiger partial charge in [0.1, 0.15) is 0 Å². The molecule has 1 aromatic heterocycles. The smallest absolute Gasteiger partial charge is 0.316 e. The first-order valence-electron chi connectivity index (χ1n) is 11.7. The number of hydrogen-bond donors (Lipinski definition) is 0. The maximum atomic E-state index is 5.25. The zero-order valence-electron chi connectivity index (χ0n) is 21.2. The van der Waals surface area contributed by atoms with Gasteiger partial charge in [0.25, 0.3) is 0 Å². The molecule has 5 nitrogen and oxygen atoms in total. The Morgan fingerprint density at radius 3 is 2.31 bits per heavy atom. The molecule has 2 aromatic carbocycles. The van der Waals surface area contributed by atoms with Crippen molar-refractivity contribution in [3.8, 4) is 6.01 Å². The fraction of sp³-hybridized carbons (Fsp3) is 0.481. The van der Waals surface area contributed by atoms with Crippen LogP contribution in [0.2, 0.25) is 0 Å². The molecule has 1 aliphatic rings. The van der Waals surface area contributed by atoms with Crippen molar-refractivity contribution >= 4 is 16.5 Å². The first kappa shape index (κ1) is 25.6. The van der Waals surface area contributed by atoms with E-state index in [0.717, 1.165) is 30.9 Å². The van der Waals surface area contributed by atoms with Crippen LogP contribution in [0.15, 0.2) is 36.4 Å². The Morgan fingerprint density at radius 1 is 1.03 bits per heavy atom. The maximum absolute atomic E-state index is 5.25. The Bertz CT molecular complexity index is 995. The predicted octanol–water partition coefficient (Wildman–Crippen LogP) is 5.80. The molecule has 5 heteroatoms. The average Bonchev–Trinajstić information content (AvgIpc) is 2.80. The van der Waals surface area contributed by atoms with Gasteiger partial charge in [0.15, 0.2) is 0 Å². The zero-order valence-corrected chi connectivity index (χ0v) is 21.2. The lowest BCUT2D eigenvalue weighted by Crippen LogP contribution is -2.32. The van der Waals surface area contributed by atoms with Crippen LogP contribution >= 0.6 is 0 Å². The monoisotopic (exact) mass is 436 g/mol. The fourth-order valence-electron chi connectivity index (χ4n) is 4.10. The Hall–Kier alpha value is -2.66. The molecule has 0 N–H and O–H groups in total. The number of aromatic nitrogens is 2. The van der Waals surface area contributed by atoms with E-state index in [4.69, 9.17) is 4.74 Å². The summed E-state index contributed by atoms with van der Waals surface area (Å²) < 4.78 is 5.25. The van der Waals surface area contributed by atoms with Gasteiger partial charge in [-0.05, 0) is 69.9 Å². The van der Waals surface area contributed by atoms with Gasteiger partial charge in [-0.15, -0.1) is 0 Å². The topological polar surface area (TPSA) is 41.5 Å². The Balaban J connectivity index is 0.000000396. The van der Waals surface area contributed by atoms with Crippen LogP contribution in [0.25, 0.3) is 10.8 Å². The molecule has 32 heavy (non-hydrogen) atoms. The lowest BCUT2D eigenvalue weighted by atomic mass is 9.99. The van der Waals surface area contributed by atoms with Crippen LogP contribution in [0.4, 0.5) is 5.69 Å². The molecule has 0 amide bonds. The SMILES string of the molecule is CC.CCCN(C)C.COc1nc(C)c2c(n1)CN(c1cccc3cccc(C)c13)CC2. The van der Waals surface area contributed by atoms with E-state index in [1.165, 1.54) is 40.6 Å². The molecule has 0 aliphatic carbocycles. The molecule has 2 heterocycles. The van der Waals surface area contributed by atoms with Gasteiger partial charge in [0.05, 0.1) is 19.3 Å². The number of nitrogens with zero attached hydrogens (tertiary/aromatic N) is 4. The molecule has 0 saturated carbocycles. The van der Waals surface area contributed by atoms with E-state index in [-0.39, 0.29) is 0 Å². The third kappa shape index (κ3) is 6.19. The van der Waals surface area contributed by atoms with Crippen LogP contribution in [0.1, 0.15) is 49.7 Å². The first-order chi connectivity index (χ1) is 15.4. The highest BCUT2D eigenvalue weighted by Crippen LogP contribution is 2.33. The van der Waals surface area contributed by atoms with Crippen molar-refractivity contribution < 1.29 is 4.74 Å². The summed E-state index contributed by atoms with van der Waals surface area (Å²) in [6, 6.07) is 13.5. The minimum atomic E-state index is 0.460. The highest BCUT2D eigenvalue weighted by Gasteiger charge is 2.22. The number of fused-ring (bicyclic) bond motifs is 2. The predicted molar refractivity (Wildman–Crippen MR) is 137 cm³/mol. The molecule has 3 aromatic rings. The summed E-state index contributed by atoms with van der Waals surface area (Å²) in [4.78, 5) is 13.6. The van der Waals surface area contributed by atoms with Crippen molar-refractivity contribution in [1.82, 2.24) is 14.9 Å². The third-order valence-electron chi connectivity index (χ3n) is 5.54. The summed E-state index contributed by atoms with van der Waals surface area (Å²) in [7, 11) is 5.79. The summed E-state index contributed by atoms with van der Waals surface area (Å²) in [6.07, 6.45) is 2.22. The lowest BCUT2D eigenvalue weighted by Gasteiger charge is -2.32. The fourth-order valence-corrected chi connectivity index (χ4v) is 4.10. The second kappa shape index (κ2) is 12.4. The van der Waals surface area contributed by atoms with Gasteiger partial charge in [0.2, 0.25) is 0 Å². The van der Waals surface area contributed by atoms with Gasteiger partial charge in [-0.3, -0.25) is 0 Å². The molecule has 0 bridgehead atoms. The largest absolute Gasteiger partial charge is 0.467 e. The Labute approximate surface area is 194 Å². The van der Waals surface area contributed by atoms with Gasteiger partial charge < -0.3 is 14.5 Å². The average molecular weight is 437 g/mol. The number of rotatable bonds is 4. The number of aryl methyl sites for hydroxylation is 2. The van der Waals surface area contributed by atoms with Gasteiger partial charge in [-0.1, -0.05) is 51.1 Å². The third-order valence-corrected chi connectivity index (χ3v) is 5.54. The van der Waals surface area contributed by atoms with Crippen molar-refractivity contribution in [2.45, 2.75) is 54.0 Å². The number of anilines is 1. The van der Waals surface area contributed by atoms with Crippen molar-refractivity contribution in [3.63, 3.8) is 0 Å². The van der Waals surface area contributed by atoms with Crippen molar-refractivity contribution in [3.05, 3.63) is 58.9 Å². The van der Waals surface area contributed by atoms with Crippen molar-refractivity contribution in [2.24, 2.45) is 0 Å². The normalized spacial score (nSPS) is 12.5. The van der Waals surface area contributed by atoms with E-state index in [1.807, 2.05) is 20.8 Å². The van der Waals surface area contributed by atoms with Crippen molar-refractivity contribution in [1.29, 1.82) is 0 Å². The summed E-state index contributed by atoms with van der Waals surface area (Å²) in [5.74, 6) is 0. The maximum Gasteiger partial charge on any atom is 0.316 e. The molecule has 1 aliphatic heterocycles. The molecular weight excluding hydrogens is 396 g/mol. The molecule has 0 saturated heterocycles. The van der Waals surface area contributed by atoms with Crippen molar-refractivity contribution in [2.75, 3.05) is 39.2 Å². The molecule has 4 rings (SSSR count). The van der Waals surface area contributed by atoms with Gasteiger partial charge in [-0.2, -0.15) is 4.98 Å². The summed E-state index contributed by atoms with van der Waals surface area (Å²) >= 11 is 0. The number of benzene rings is 2. The second-order valence-corrected chi connectivity index (χ2v) is 8.15. The van der Waals surface area contributed by atoms with E-state index >= 15 is 0 Å². The lowest BCUT2D eigenvalue weighted by molar-refractivity contribution is 0.375. The van der Waals surface area contributed by atoms with Crippen LogP contribution in [-0.2, 0) is 13.0 Å². The van der Waals surface area contributed by atoms with Gasteiger partial charge >= 0.3 is 6.01 Å². The molecule has 0 atom stereocenters. The molecule has 0 fully saturated rings. The second-order valence-electron chi connectivity index (χ2n) is 8.15. The summed E-state index contributed by atoms with van der Waals surface area (Å²) in [5, 5.41) is 2.62. The molecular formula is C27H40N4O. The molecule has 174 valence electrons. The standard InChI is InChI=1S/C20H21N3O.C5H13N.C2H6/c1-13-6-4-7-15-8-5-9-18(19(13)15)23-11-10-16-14(2)21-20(24-3)22-17(16)12-23;1-4-5-6(2)3;1-2/h4-9H,10-12H2,1-3H3;4-5H2,1-3H3;1-2H3. The first-order valence-corrected chi connectivity index (χ1v) is 11.7. The summed E-state index contributed by atoms with van der Waals surface area (Å²) in [6.45, 7) is 13.4. The van der Waals surface area contributed by atoms with E-state index in [0.29, 0.717) is 6.01 Å². The van der Waals surface area contributed by atoms with Crippen LogP contribution < -0.4 is 9.64 Å². The molecule has 0 radical (unpaired) electrons. The Kier molecular flexibility index (Phi) is 9.92. The minimum Gasteiger partial charge on any atom is -0.467 e. The highest BCUT2D eigenvalue weighted by molar-refractivity contribution is 5.96. The number of hydrogen-bond acceptors (Lipinski definition) is 5. The van der Waals surface area contributed by atoms with E-state index in [2.05, 4.69) is 84.1 Å². The van der Waals surface area contributed by atoms with Crippen LogP contribution in [0, 0.1) is 13.8 Å². The number of methoxy groups -OCH3 is 1. The van der Waals surface area contributed by atoms with Gasteiger partial charge in [-0.25, -0.2) is 4.98 Å². The van der Waals surface area contributed by atoms with Crippen LogP contribution in [0.5, 0.6) is 6.01 Å². The van der Waals surface area contributed by atoms with Gasteiger partial charge in [0, 0.05) is 23.3 Å². The summed E-state index contributed by atoms with van der Waals surface area (Å²) in [5.41, 5.74) is 5.97. The molecule has 0 spiro atoms. The molecule has 0 unspecified atom stereocenters.